The van der Waals surface area contributed by atoms with Gasteiger partial charge in [0.2, 0.25) is 11.8 Å². The van der Waals surface area contributed by atoms with E-state index in [4.69, 9.17) is 0 Å². The molecule has 110 valence electrons. The van der Waals surface area contributed by atoms with E-state index in [2.05, 4.69) is 10.6 Å². The van der Waals surface area contributed by atoms with Crippen LogP contribution in [0, 0.1) is 11.8 Å². The predicted octanol–water partition coefficient (Wildman–Crippen LogP) is -1.02. The SMILES string of the molecule is CN(C)CCNC(=O)C1CC1C(=O)NCCN(C)C. The van der Waals surface area contributed by atoms with Crippen molar-refractivity contribution >= 4 is 11.8 Å². The van der Waals surface area contributed by atoms with Crippen molar-refractivity contribution in [3.05, 3.63) is 0 Å². The summed E-state index contributed by atoms with van der Waals surface area (Å²) in [6, 6.07) is 0. The Hall–Kier alpha value is -1.14. The van der Waals surface area contributed by atoms with Crippen LogP contribution in [0.4, 0.5) is 0 Å². The van der Waals surface area contributed by atoms with E-state index < -0.39 is 0 Å². The fourth-order valence-electron chi connectivity index (χ4n) is 1.84. The summed E-state index contributed by atoms with van der Waals surface area (Å²) in [5, 5.41) is 5.73. The number of amides is 2. The van der Waals surface area contributed by atoms with Crippen LogP contribution >= 0.6 is 0 Å². The Kier molecular flexibility index (Phi) is 6.24. The van der Waals surface area contributed by atoms with Gasteiger partial charge in [-0.15, -0.1) is 0 Å². The number of carbonyl (C=O) groups excluding carboxylic acids is 2. The second-order valence-corrected chi connectivity index (χ2v) is 5.64. The van der Waals surface area contributed by atoms with Gasteiger partial charge in [0.15, 0.2) is 0 Å². The standard InChI is InChI=1S/C13H26N4O2/c1-16(2)7-5-14-12(18)10-9-11(10)13(19)15-6-8-17(3)4/h10-11H,5-9H2,1-4H3,(H,14,18)(H,15,19). The van der Waals surface area contributed by atoms with Crippen molar-refractivity contribution in [2.45, 2.75) is 6.42 Å². The van der Waals surface area contributed by atoms with Crippen molar-refractivity contribution in [2.24, 2.45) is 11.8 Å². The van der Waals surface area contributed by atoms with E-state index in [0.29, 0.717) is 19.5 Å². The molecular weight excluding hydrogens is 244 g/mol. The van der Waals surface area contributed by atoms with Gasteiger partial charge in [-0.25, -0.2) is 0 Å². The van der Waals surface area contributed by atoms with Crippen LogP contribution in [-0.4, -0.2) is 76.0 Å². The van der Waals surface area contributed by atoms with Crippen LogP contribution in [0.5, 0.6) is 0 Å². The van der Waals surface area contributed by atoms with E-state index in [9.17, 15) is 9.59 Å². The summed E-state index contributed by atoms with van der Waals surface area (Å²) in [6.07, 6.45) is 0.682. The number of nitrogens with one attached hydrogen (secondary N) is 2. The summed E-state index contributed by atoms with van der Waals surface area (Å²) < 4.78 is 0. The molecule has 6 heteroatoms. The lowest BCUT2D eigenvalue weighted by molar-refractivity contribution is -0.127. The first kappa shape index (κ1) is 15.9. The molecule has 0 radical (unpaired) electrons. The largest absolute Gasteiger partial charge is 0.355 e. The predicted molar refractivity (Wildman–Crippen MR) is 74.7 cm³/mol. The maximum atomic E-state index is 11.8. The molecule has 2 amide bonds. The van der Waals surface area contributed by atoms with E-state index in [1.165, 1.54) is 0 Å². The van der Waals surface area contributed by atoms with Gasteiger partial charge in [0, 0.05) is 26.2 Å². The van der Waals surface area contributed by atoms with E-state index in [-0.39, 0.29) is 23.7 Å². The minimum atomic E-state index is -0.124. The highest BCUT2D eigenvalue weighted by atomic mass is 16.2. The van der Waals surface area contributed by atoms with Crippen molar-refractivity contribution in [1.29, 1.82) is 0 Å². The van der Waals surface area contributed by atoms with Gasteiger partial charge in [0.1, 0.15) is 0 Å². The second-order valence-electron chi connectivity index (χ2n) is 5.64. The summed E-state index contributed by atoms with van der Waals surface area (Å²) >= 11 is 0. The van der Waals surface area contributed by atoms with E-state index in [1.54, 1.807) is 0 Å². The Bertz CT molecular complexity index is 288. The third-order valence-corrected chi connectivity index (χ3v) is 3.18. The number of hydrogen-bond acceptors (Lipinski definition) is 4. The Morgan fingerprint density at radius 1 is 0.895 bits per heavy atom. The molecule has 1 rings (SSSR count). The molecule has 0 saturated heterocycles. The van der Waals surface area contributed by atoms with Gasteiger partial charge < -0.3 is 20.4 Å². The van der Waals surface area contributed by atoms with Gasteiger partial charge in [0.05, 0.1) is 11.8 Å². The van der Waals surface area contributed by atoms with E-state index >= 15 is 0 Å². The number of likely N-dealkylation sites (N-methyl/N-ethyl adjacent to an activating group) is 2. The molecule has 0 heterocycles. The average Bonchev–Trinajstić information content (AvgIpc) is 3.07. The number of carbonyl (C=O) groups is 2. The summed E-state index contributed by atoms with van der Waals surface area (Å²) in [5.74, 6) is -0.229. The highest BCUT2D eigenvalue weighted by Gasteiger charge is 2.47. The minimum absolute atomic E-state index is 0.00890. The first-order valence-electron chi connectivity index (χ1n) is 6.76. The maximum Gasteiger partial charge on any atom is 0.223 e. The quantitative estimate of drug-likeness (QED) is 0.592. The normalized spacial score (nSPS) is 21.6. The smallest absolute Gasteiger partial charge is 0.223 e. The van der Waals surface area contributed by atoms with Crippen LogP contribution in [0.25, 0.3) is 0 Å². The third kappa shape index (κ3) is 6.02. The highest BCUT2D eigenvalue weighted by Crippen LogP contribution is 2.38. The van der Waals surface area contributed by atoms with Crippen molar-refractivity contribution in [1.82, 2.24) is 20.4 Å². The molecule has 0 bridgehead atoms. The zero-order chi connectivity index (χ0) is 14.4. The molecular formula is C13H26N4O2. The summed E-state index contributed by atoms with van der Waals surface area (Å²) in [7, 11) is 7.85. The van der Waals surface area contributed by atoms with Gasteiger partial charge in [-0.05, 0) is 34.6 Å². The molecule has 1 fully saturated rings. The number of nitrogens with zero attached hydrogens (tertiary/aromatic N) is 2. The Balaban J connectivity index is 2.15. The Morgan fingerprint density at radius 2 is 1.26 bits per heavy atom. The summed E-state index contributed by atoms with van der Waals surface area (Å²) in [5.41, 5.74) is 0. The van der Waals surface area contributed by atoms with Gasteiger partial charge >= 0.3 is 0 Å². The lowest BCUT2D eigenvalue weighted by Crippen LogP contribution is -2.35. The lowest BCUT2D eigenvalue weighted by Gasteiger charge is -2.11. The molecule has 2 N–H and O–H groups in total. The first-order chi connectivity index (χ1) is 8.91. The van der Waals surface area contributed by atoms with Crippen LogP contribution < -0.4 is 10.6 Å². The lowest BCUT2D eigenvalue weighted by atomic mass is 10.3. The van der Waals surface area contributed by atoms with Crippen molar-refractivity contribution < 1.29 is 9.59 Å². The molecule has 0 aromatic heterocycles. The molecule has 2 unspecified atom stereocenters. The van der Waals surface area contributed by atoms with Gasteiger partial charge in [-0.3, -0.25) is 9.59 Å². The fourth-order valence-corrected chi connectivity index (χ4v) is 1.84. The van der Waals surface area contributed by atoms with E-state index in [1.807, 2.05) is 38.0 Å². The average molecular weight is 270 g/mol. The van der Waals surface area contributed by atoms with Gasteiger partial charge in [0.25, 0.3) is 0 Å². The van der Waals surface area contributed by atoms with Crippen LogP contribution in [-0.2, 0) is 9.59 Å². The number of rotatable bonds is 8. The minimum Gasteiger partial charge on any atom is -0.355 e. The highest BCUT2D eigenvalue weighted by molar-refractivity contribution is 5.92. The van der Waals surface area contributed by atoms with Gasteiger partial charge in [-0.2, -0.15) is 0 Å². The molecule has 0 aromatic carbocycles. The molecule has 1 aliphatic carbocycles. The second kappa shape index (κ2) is 7.45. The zero-order valence-corrected chi connectivity index (χ0v) is 12.4. The molecule has 0 aromatic rings. The monoisotopic (exact) mass is 270 g/mol. The topological polar surface area (TPSA) is 64.7 Å². The zero-order valence-electron chi connectivity index (χ0n) is 12.4. The van der Waals surface area contributed by atoms with Crippen LogP contribution in [0.3, 0.4) is 0 Å². The molecule has 0 aliphatic heterocycles. The fraction of sp³-hybridized carbons (Fsp3) is 0.846. The maximum absolute atomic E-state index is 11.8. The number of hydrogen-bond donors (Lipinski definition) is 2. The van der Waals surface area contributed by atoms with Crippen molar-refractivity contribution in [3.63, 3.8) is 0 Å². The molecule has 1 aliphatic rings. The van der Waals surface area contributed by atoms with Crippen LogP contribution in [0.2, 0.25) is 0 Å². The first-order valence-corrected chi connectivity index (χ1v) is 6.76. The van der Waals surface area contributed by atoms with E-state index in [0.717, 1.165) is 13.1 Å². The van der Waals surface area contributed by atoms with Crippen LogP contribution in [0.1, 0.15) is 6.42 Å². The Morgan fingerprint density at radius 3 is 1.58 bits per heavy atom. The molecule has 1 saturated carbocycles. The summed E-state index contributed by atoms with van der Waals surface area (Å²) in [4.78, 5) is 27.6. The Labute approximate surface area is 115 Å². The molecule has 0 spiro atoms. The van der Waals surface area contributed by atoms with Gasteiger partial charge in [-0.1, -0.05) is 0 Å². The van der Waals surface area contributed by atoms with Crippen molar-refractivity contribution in [2.75, 3.05) is 54.4 Å². The summed E-state index contributed by atoms with van der Waals surface area (Å²) in [6.45, 7) is 2.91. The third-order valence-electron chi connectivity index (χ3n) is 3.18. The van der Waals surface area contributed by atoms with Crippen LogP contribution in [0.15, 0.2) is 0 Å². The molecule has 2 atom stereocenters. The molecule has 19 heavy (non-hydrogen) atoms. The van der Waals surface area contributed by atoms with Crippen molar-refractivity contribution in [3.8, 4) is 0 Å². The molecule has 6 nitrogen and oxygen atoms in total.